The molecular weight excluding hydrogens is 255 g/mol. The topological polar surface area (TPSA) is 49.8 Å². The van der Waals surface area contributed by atoms with E-state index in [0.29, 0.717) is 22.3 Å². The second kappa shape index (κ2) is 5.64. The molecule has 0 aliphatic heterocycles. The van der Waals surface area contributed by atoms with Crippen LogP contribution in [-0.2, 0) is 0 Å². The van der Waals surface area contributed by atoms with E-state index in [9.17, 15) is 4.39 Å². The van der Waals surface area contributed by atoms with E-state index in [1.807, 2.05) is 6.92 Å². The van der Waals surface area contributed by atoms with Crippen molar-refractivity contribution in [3.05, 3.63) is 41.4 Å². The Labute approximate surface area is 109 Å². The summed E-state index contributed by atoms with van der Waals surface area (Å²) >= 11 is 5.68. The molecule has 1 aromatic heterocycles. The Kier molecular flexibility index (Phi) is 3.94. The minimum absolute atomic E-state index is 0.320. The first-order chi connectivity index (χ1) is 8.69. The van der Waals surface area contributed by atoms with Crippen LogP contribution in [0.3, 0.4) is 0 Å². The van der Waals surface area contributed by atoms with Crippen molar-refractivity contribution in [2.45, 2.75) is 6.92 Å². The smallest absolute Gasteiger partial charge is 0.148 e. The number of halogens is 2. The lowest BCUT2D eigenvalue weighted by Crippen LogP contribution is -2.02. The molecule has 0 radical (unpaired) electrons. The predicted molar refractivity (Wildman–Crippen MR) is 70.9 cm³/mol. The quantitative estimate of drug-likeness (QED) is 0.890. The second-order valence-electron chi connectivity index (χ2n) is 3.57. The van der Waals surface area contributed by atoms with Crippen molar-refractivity contribution < 1.29 is 4.39 Å². The number of aromatic nitrogens is 2. The van der Waals surface area contributed by atoms with Gasteiger partial charge in [0.1, 0.15) is 23.8 Å². The van der Waals surface area contributed by atoms with Crippen LogP contribution in [0.1, 0.15) is 6.92 Å². The summed E-state index contributed by atoms with van der Waals surface area (Å²) in [6, 6.07) is 6.12. The van der Waals surface area contributed by atoms with Gasteiger partial charge in [-0.15, -0.1) is 0 Å². The van der Waals surface area contributed by atoms with Crippen molar-refractivity contribution in [2.24, 2.45) is 0 Å². The number of rotatable bonds is 4. The van der Waals surface area contributed by atoms with Crippen LogP contribution in [-0.4, -0.2) is 16.5 Å². The van der Waals surface area contributed by atoms with Gasteiger partial charge in [0.05, 0.1) is 5.69 Å². The van der Waals surface area contributed by atoms with Gasteiger partial charge in [0.2, 0.25) is 0 Å². The number of nitrogens with zero attached hydrogens (tertiary/aromatic N) is 2. The summed E-state index contributed by atoms with van der Waals surface area (Å²) in [7, 11) is 0. The van der Waals surface area contributed by atoms with Gasteiger partial charge in [-0.2, -0.15) is 0 Å². The normalized spacial score (nSPS) is 10.2. The highest BCUT2D eigenvalue weighted by Crippen LogP contribution is 2.22. The van der Waals surface area contributed by atoms with E-state index >= 15 is 0 Å². The van der Waals surface area contributed by atoms with Gasteiger partial charge in [-0.3, -0.25) is 0 Å². The number of hydrogen-bond donors (Lipinski definition) is 2. The average molecular weight is 267 g/mol. The number of anilines is 3. The minimum Gasteiger partial charge on any atom is -0.370 e. The van der Waals surface area contributed by atoms with Gasteiger partial charge in [0.15, 0.2) is 0 Å². The largest absolute Gasteiger partial charge is 0.370 e. The third kappa shape index (κ3) is 3.07. The summed E-state index contributed by atoms with van der Waals surface area (Å²) in [5.41, 5.74) is 0.320. The number of nitrogens with one attached hydrogen (secondary N) is 2. The van der Waals surface area contributed by atoms with E-state index in [-0.39, 0.29) is 0 Å². The molecule has 0 unspecified atom stereocenters. The van der Waals surface area contributed by atoms with Gasteiger partial charge in [0, 0.05) is 17.6 Å². The standard InChI is InChI=1S/C12H12ClFN4/c1-2-15-11-6-12(17-7-16-11)18-10-4-3-8(13)5-9(10)14/h3-7H,2H2,1H3,(H2,15,16,17,18). The molecule has 0 bridgehead atoms. The maximum absolute atomic E-state index is 13.6. The first-order valence-electron chi connectivity index (χ1n) is 5.47. The maximum atomic E-state index is 13.6. The van der Waals surface area contributed by atoms with E-state index in [1.54, 1.807) is 18.2 Å². The van der Waals surface area contributed by atoms with E-state index < -0.39 is 5.82 Å². The molecule has 0 fully saturated rings. The molecule has 94 valence electrons. The van der Waals surface area contributed by atoms with Crippen LogP contribution in [0.15, 0.2) is 30.6 Å². The Bertz CT molecular complexity index is 547. The van der Waals surface area contributed by atoms with Crippen molar-refractivity contribution >= 4 is 28.9 Å². The first kappa shape index (κ1) is 12.6. The van der Waals surface area contributed by atoms with Crippen LogP contribution in [0.4, 0.5) is 21.7 Å². The molecule has 0 saturated carbocycles. The number of benzene rings is 1. The zero-order valence-corrected chi connectivity index (χ0v) is 10.5. The summed E-state index contributed by atoms with van der Waals surface area (Å²) in [6.07, 6.45) is 1.41. The van der Waals surface area contributed by atoms with Crippen molar-refractivity contribution in [2.75, 3.05) is 17.2 Å². The SMILES string of the molecule is CCNc1cc(Nc2ccc(Cl)cc2F)ncn1. The molecule has 4 nitrogen and oxygen atoms in total. The van der Waals surface area contributed by atoms with Crippen LogP contribution >= 0.6 is 11.6 Å². The highest BCUT2D eigenvalue weighted by atomic mass is 35.5. The predicted octanol–water partition coefficient (Wildman–Crippen LogP) is 3.44. The monoisotopic (exact) mass is 266 g/mol. The molecule has 2 N–H and O–H groups in total. The Balaban J connectivity index is 2.20. The van der Waals surface area contributed by atoms with E-state index in [1.165, 1.54) is 12.4 Å². The van der Waals surface area contributed by atoms with E-state index in [2.05, 4.69) is 20.6 Å². The van der Waals surface area contributed by atoms with Crippen molar-refractivity contribution in [1.82, 2.24) is 9.97 Å². The zero-order chi connectivity index (χ0) is 13.0. The molecule has 18 heavy (non-hydrogen) atoms. The molecule has 2 rings (SSSR count). The Morgan fingerprint density at radius 1 is 1.22 bits per heavy atom. The van der Waals surface area contributed by atoms with Crippen molar-refractivity contribution in [1.29, 1.82) is 0 Å². The lowest BCUT2D eigenvalue weighted by Gasteiger charge is -2.08. The molecule has 0 aliphatic rings. The molecule has 1 aromatic carbocycles. The molecule has 0 atom stereocenters. The van der Waals surface area contributed by atoms with Crippen molar-refractivity contribution in [3.8, 4) is 0 Å². The maximum Gasteiger partial charge on any atom is 0.148 e. The van der Waals surface area contributed by atoms with Gasteiger partial charge in [-0.25, -0.2) is 14.4 Å². The minimum atomic E-state index is -0.425. The van der Waals surface area contributed by atoms with Gasteiger partial charge in [0.25, 0.3) is 0 Å². The summed E-state index contributed by atoms with van der Waals surface area (Å²) < 4.78 is 13.6. The van der Waals surface area contributed by atoms with Gasteiger partial charge >= 0.3 is 0 Å². The van der Waals surface area contributed by atoms with Crippen LogP contribution in [0.2, 0.25) is 5.02 Å². The molecular formula is C12H12ClFN4. The van der Waals surface area contributed by atoms with Crippen LogP contribution < -0.4 is 10.6 Å². The van der Waals surface area contributed by atoms with Crippen LogP contribution in [0, 0.1) is 5.82 Å². The first-order valence-corrected chi connectivity index (χ1v) is 5.85. The fourth-order valence-electron chi connectivity index (χ4n) is 1.43. The highest BCUT2D eigenvalue weighted by Gasteiger charge is 2.04. The van der Waals surface area contributed by atoms with Crippen LogP contribution in [0.5, 0.6) is 0 Å². The second-order valence-corrected chi connectivity index (χ2v) is 4.00. The van der Waals surface area contributed by atoms with Gasteiger partial charge in [-0.05, 0) is 25.1 Å². The average Bonchev–Trinajstić information content (AvgIpc) is 2.34. The molecule has 0 saturated heterocycles. The Morgan fingerprint density at radius 3 is 2.72 bits per heavy atom. The summed E-state index contributed by atoms with van der Waals surface area (Å²) in [4.78, 5) is 8.05. The summed E-state index contributed by atoms with van der Waals surface area (Å²) in [5.74, 6) is 0.776. The fraction of sp³-hybridized carbons (Fsp3) is 0.167. The van der Waals surface area contributed by atoms with E-state index in [0.717, 1.165) is 6.54 Å². The Hall–Kier alpha value is -1.88. The lowest BCUT2D eigenvalue weighted by molar-refractivity contribution is 0.632. The lowest BCUT2D eigenvalue weighted by atomic mass is 10.3. The van der Waals surface area contributed by atoms with Gasteiger partial charge < -0.3 is 10.6 Å². The van der Waals surface area contributed by atoms with Crippen molar-refractivity contribution in [3.63, 3.8) is 0 Å². The van der Waals surface area contributed by atoms with Crippen LogP contribution in [0.25, 0.3) is 0 Å². The molecule has 1 heterocycles. The van der Waals surface area contributed by atoms with E-state index in [4.69, 9.17) is 11.6 Å². The zero-order valence-electron chi connectivity index (χ0n) is 9.74. The Morgan fingerprint density at radius 2 is 2.00 bits per heavy atom. The summed E-state index contributed by atoms with van der Waals surface area (Å²) in [5, 5.41) is 6.28. The molecule has 6 heteroatoms. The number of hydrogen-bond acceptors (Lipinski definition) is 4. The summed E-state index contributed by atoms with van der Waals surface area (Å²) in [6.45, 7) is 2.72. The molecule has 0 aliphatic carbocycles. The third-order valence-electron chi connectivity index (χ3n) is 2.22. The molecule has 2 aromatic rings. The molecule has 0 spiro atoms. The fourth-order valence-corrected chi connectivity index (χ4v) is 1.59. The third-order valence-corrected chi connectivity index (χ3v) is 2.45. The van der Waals surface area contributed by atoms with Gasteiger partial charge in [-0.1, -0.05) is 11.6 Å². The molecule has 0 amide bonds. The highest BCUT2D eigenvalue weighted by molar-refractivity contribution is 6.30.